The maximum absolute atomic E-state index is 12.5. The van der Waals surface area contributed by atoms with E-state index in [0.717, 1.165) is 16.8 Å². The first-order valence-electron chi connectivity index (χ1n) is 11.3. The second-order valence-corrected chi connectivity index (χ2v) is 8.91. The molecule has 0 radical (unpaired) electrons. The van der Waals surface area contributed by atoms with Gasteiger partial charge in [-0.05, 0) is 12.1 Å². The summed E-state index contributed by atoms with van der Waals surface area (Å²) >= 11 is 1.35. The smallest absolute Gasteiger partial charge is 0.273 e. The lowest BCUT2D eigenvalue weighted by atomic mass is 10.0. The number of H-pyrrole nitrogens is 1. The molecule has 2 N–H and O–H groups in total. The van der Waals surface area contributed by atoms with Crippen molar-refractivity contribution in [1.82, 2.24) is 25.0 Å². The minimum absolute atomic E-state index is 0.216. The lowest BCUT2D eigenvalue weighted by Gasteiger charge is -2.09. The zero-order valence-corrected chi connectivity index (χ0v) is 20.0. The van der Waals surface area contributed by atoms with Crippen LogP contribution in [-0.2, 0) is 4.79 Å². The maximum Gasteiger partial charge on any atom is 0.273 e. The number of hydrogen-bond acceptors (Lipinski definition) is 6. The Morgan fingerprint density at radius 2 is 1.44 bits per heavy atom. The van der Waals surface area contributed by atoms with E-state index in [-0.39, 0.29) is 17.9 Å². The van der Waals surface area contributed by atoms with E-state index in [1.165, 1.54) is 22.5 Å². The van der Waals surface area contributed by atoms with E-state index in [1.807, 2.05) is 78.9 Å². The molecule has 3 aromatic carbocycles. The molecule has 5 rings (SSSR count). The fourth-order valence-corrected chi connectivity index (χ4v) is 4.36. The van der Waals surface area contributed by atoms with Gasteiger partial charge in [-0.2, -0.15) is 0 Å². The van der Waals surface area contributed by atoms with Crippen molar-refractivity contribution < 1.29 is 4.79 Å². The molecule has 9 heteroatoms. The number of carbonyl (C=O) groups excluding carboxylic acids is 1. The highest BCUT2D eigenvalue weighted by atomic mass is 32.2. The summed E-state index contributed by atoms with van der Waals surface area (Å²) in [6.45, 7) is 0. The van der Waals surface area contributed by atoms with Crippen LogP contribution in [0.2, 0.25) is 0 Å². The van der Waals surface area contributed by atoms with Crippen molar-refractivity contribution in [1.29, 1.82) is 0 Å². The fourth-order valence-electron chi connectivity index (χ4n) is 3.64. The molecule has 0 aliphatic heterocycles. The number of nitrogens with zero attached hydrogens (tertiary/aromatic N) is 4. The second-order valence-electron chi connectivity index (χ2n) is 7.85. The number of carbonyl (C=O) groups is 1. The molecule has 0 fully saturated rings. The number of thioether (sulfide) groups is 1. The van der Waals surface area contributed by atoms with Crippen molar-refractivity contribution in [3.05, 3.63) is 107 Å². The van der Waals surface area contributed by atoms with Crippen LogP contribution in [0.1, 0.15) is 6.42 Å². The van der Waals surface area contributed by atoms with Crippen LogP contribution in [0.4, 0.5) is 5.82 Å². The van der Waals surface area contributed by atoms with Crippen molar-refractivity contribution in [2.24, 2.45) is 0 Å². The van der Waals surface area contributed by atoms with Crippen LogP contribution < -0.4 is 10.9 Å². The van der Waals surface area contributed by atoms with E-state index in [2.05, 4.69) is 20.6 Å². The van der Waals surface area contributed by atoms with Gasteiger partial charge in [0, 0.05) is 29.4 Å². The fraction of sp³-hybridized carbons (Fsp3) is 0.0741. The number of para-hydroxylation sites is 1. The number of hydrogen-bond donors (Lipinski definition) is 2. The summed E-state index contributed by atoms with van der Waals surface area (Å²) in [6, 6.07) is 30.2. The van der Waals surface area contributed by atoms with E-state index in [1.54, 1.807) is 12.1 Å². The van der Waals surface area contributed by atoms with E-state index in [0.29, 0.717) is 28.1 Å². The average Bonchev–Trinajstić information content (AvgIpc) is 3.29. The third-order valence-corrected chi connectivity index (χ3v) is 6.17. The summed E-state index contributed by atoms with van der Waals surface area (Å²) in [5.74, 6) is 0.576. The van der Waals surface area contributed by atoms with Crippen LogP contribution in [0.25, 0.3) is 28.2 Å². The van der Waals surface area contributed by atoms with Crippen LogP contribution in [0, 0.1) is 0 Å². The van der Waals surface area contributed by atoms with E-state index in [9.17, 15) is 9.59 Å². The normalized spacial score (nSPS) is 10.8. The largest absolute Gasteiger partial charge is 0.311 e. The standard InChI is InChI=1S/C27H22N6O2S/c34-23(28-22-18-24(35)33(32-22)21-14-8-3-9-15-21)16-17-36-27-29-25(19-10-4-1-5-11-19)26(30-31-27)20-12-6-2-7-13-20/h1-15,18,32H,16-17H2,(H,28,34). The van der Waals surface area contributed by atoms with Gasteiger partial charge >= 0.3 is 0 Å². The number of aromatic nitrogens is 5. The van der Waals surface area contributed by atoms with Gasteiger partial charge in [0.15, 0.2) is 0 Å². The number of nitrogens with one attached hydrogen (secondary N) is 2. The van der Waals surface area contributed by atoms with E-state index >= 15 is 0 Å². The Morgan fingerprint density at radius 3 is 2.11 bits per heavy atom. The highest BCUT2D eigenvalue weighted by Gasteiger charge is 2.14. The summed E-state index contributed by atoms with van der Waals surface area (Å²) < 4.78 is 1.38. The lowest BCUT2D eigenvalue weighted by molar-refractivity contribution is -0.115. The molecule has 178 valence electrons. The SMILES string of the molecule is O=C(CCSc1nnc(-c2ccccc2)c(-c2ccccc2)n1)Nc1cc(=O)n(-c2ccccc2)[nH]1. The van der Waals surface area contributed by atoms with Gasteiger partial charge in [0.2, 0.25) is 11.1 Å². The molecule has 36 heavy (non-hydrogen) atoms. The molecule has 8 nitrogen and oxygen atoms in total. The third-order valence-electron chi connectivity index (χ3n) is 5.33. The Bertz CT molecular complexity index is 1520. The Hall–Kier alpha value is -4.50. The van der Waals surface area contributed by atoms with Gasteiger partial charge in [-0.25, -0.2) is 9.67 Å². The predicted octanol–water partition coefficient (Wildman–Crippen LogP) is 4.81. The van der Waals surface area contributed by atoms with Crippen molar-refractivity contribution in [2.45, 2.75) is 11.6 Å². The van der Waals surface area contributed by atoms with E-state index in [4.69, 9.17) is 4.98 Å². The number of anilines is 1. The highest BCUT2D eigenvalue weighted by molar-refractivity contribution is 7.99. The number of aromatic amines is 1. The molecular formula is C27H22N6O2S. The first-order chi connectivity index (χ1) is 17.7. The highest BCUT2D eigenvalue weighted by Crippen LogP contribution is 2.29. The molecule has 0 aliphatic rings. The Morgan fingerprint density at radius 1 is 0.833 bits per heavy atom. The van der Waals surface area contributed by atoms with Crippen molar-refractivity contribution in [3.8, 4) is 28.2 Å². The molecule has 0 unspecified atom stereocenters. The van der Waals surface area contributed by atoms with E-state index < -0.39 is 0 Å². The van der Waals surface area contributed by atoms with Gasteiger partial charge in [0.05, 0.1) is 5.69 Å². The predicted molar refractivity (Wildman–Crippen MR) is 141 cm³/mol. The molecule has 0 saturated carbocycles. The molecule has 0 bridgehead atoms. The topological polar surface area (TPSA) is 106 Å². The zero-order valence-electron chi connectivity index (χ0n) is 19.2. The van der Waals surface area contributed by atoms with Gasteiger partial charge < -0.3 is 5.32 Å². The molecule has 2 aromatic heterocycles. The summed E-state index contributed by atoms with van der Waals surface area (Å²) in [4.78, 5) is 29.5. The summed E-state index contributed by atoms with van der Waals surface area (Å²) in [6.07, 6.45) is 0.216. The monoisotopic (exact) mass is 494 g/mol. The summed E-state index contributed by atoms with van der Waals surface area (Å²) in [7, 11) is 0. The van der Waals surface area contributed by atoms with Crippen molar-refractivity contribution >= 4 is 23.5 Å². The van der Waals surface area contributed by atoms with Crippen LogP contribution in [-0.4, -0.2) is 36.6 Å². The number of amides is 1. The molecule has 0 atom stereocenters. The van der Waals surface area contributed by atoms with Gasteiger partial charge in [-0.3, -0.25) is 14.7 Å². The molecule has 1 amide bonds. The molecule has 0 saturated heterocycles. The van der Waals surface area contributed by atoms with Gasteiger partial charge in [-0.1, -0.05) is 90.6 Å². The van der Waals surface area contributed by atoms with Crippen LogP contribution in [0.3, 0.4) is 0 Å². The first kappa shape index (κ1) is 23.3. The van der Waals surface area contributed by atoms with Crippen molar-refractivity contribution in [3.63, 3.8) is 0 Å². The Labute approximate surface area is 211 Å². The first-order valence-corrected chi connectivity index (χ1v) is 12.3. The molecule has 0 aliphatic carbocycles. The minimum atomic E-state index is -0.253. The van der Waals surface area contributed by atoms with Crippen LogP contribution in [0.5, 0.6) is 0 Å². The van der Waals surface area contributed by atoms with Crippen LogP contribution >= 0.6 is 11.8 Å². The average molecular weight is 495 g/mol. The molecule has 0 spiro atoms. The molecule has 2 heterocycles. The quantitative estimate of drug-likeness (QED) is 0.300. The Kier molecular flexibility index (Phi) is 7.00. The van der Waals surface area contributed by atoms with Crippen LogP contribution in [0.15, 0.2) is 107 Å². The summed E-state index contributed by atoms with van der Waals surface area (Å²) in [5, 5.41) is 14.9. The maximum atomic E-state index is 12.5. The number of rotatable bonds is 8. The van der Waals surface area contributed by atoms with Gasteiger partial charge in [0.1, 0.15) is 17.2 Å². The van der Waals surface area contributed by atoms with Crippen molar-refractivity contribution in [2.75, 3.05) is 11.1 Å². The molecular weight excluding hydrogens is 472 g/mol. The Balaban J connectivity index is 1.25. The summed E-state index contributed by atoms with van der Waals surface area (Å²) in [5.41, 5.74) is 3.76. The third kappa shape index (κ3) is 5.42. The molecule has 5 aromatic rings. The zero-order chi connectivity index (χ0) is 24.7. The van der Waals surface area contributed by atoms with Gasteiger partial charge in [0.25, 0.3) is 5.56 Å². The lowest BCUT2D eigenvalue weighted by Crippen LogP contribution is -2.14. The van der Waals surface area contributed by atoms with Gasteiger partial charge in [-0.15, -0.1) is 10.2 Å². The number of benzene rings is 3. The minimum Gasteiger partial charge on any atom is -0.311 e. The second kappa shape index (κ2) is 10.8.